The van der Waals surface area contributed by atoms with E-state index < -0.39 is 0 Å². The van der Waals surface area contributed by atoms with Gasteiger partial charge in [0.1, 0.15) is 0 Å². The monoisotopic (exact) mass is 345 g/mol. The molecule has 0 aliphatic carbocycles. The van der Waals surface area contributed by atoms with Gasteiger partial charge in [0.05, 0.1) is 0 Å². The lowest BCUT2D eigenvalue weighted by Gasteiger charge is -2.20. The zero-order chi connectivity index (χ0) is 18.9. The van der Waals surface area contributed by atoms with E-state index >= 15 is 0 Å². The predicted molar refractivity (Wildman–Crippen MR) is 112 cm³/mol. The fourth-order valence-electron chi connectivity index (χ4n) is 2.43. The number of nitrogens with zero attached hydrogens (tertiary/aromatic N) is 3. The van der Waals surface area contributed by atoms with Crippen molar-refractivity contribution in [2.24, 2.45) is 0 Å². The van der Waals surface area contributed by atoms with E-state index in [1.807, 2.05) is 36.9 Å². The summed E-state index contributed by atoms with van der Waals surface area (Å²) in [6, 6.07) is 4.70. The lowest BCUT2D eigenvalue weighted by atomic mass is 10.0. The fraction of sp³-hybridized carbons (Fsp3) is 0.217. The van der Waals surface area contributed by atoms with Crippen LogP contribution in [0.15, 0.2) is 80.6 Å². The molecule has 134 valence electrons. The molecule has 2 aromatic heterocycles. The van der Waals surface area contributed by atoms with Gasteiger partial charge in [-0.1, -0.05) is 30.9 Å². The lowest BCUT2D eigenvalue weighted by molar-refractivity contribution is 0.377. The standard InChI is InChI=1S/C23H27N3/c1-6-8-10-20(17-26(5)18(3)4)22-12-23(16-25-15-22)21-11-19(9-7-2)13-24-14-21/h6-8,10-18H,1-2,9H2,3-5H3/b10-8-,20-17+. The fourth-order valence-corrected chi connectivity index (χ4v) is 2.43. The van der Waals surface area contributed by atoms with Gasteiger partial charge in [0.2, 0.25) is 0 Å². The molecule has 0 radical (unpaired) electrons. The van der Waals surface area contributed by atoms with Crippen LogP contribution in [-0.4, -0.2) is 28.0 Å². The Bertz CT molecular complexity index is 816. The molecule has 0 amide bonds. The molecule has 3 heteroatoms. The van der Waals surface area contributed by atoms with E-state index in [9.17, 15) is 0 Å². The number of hydrogen-bond acceptors (Lipinski definition) is 3. The van der Waals surface area contributed by atoms with Crippen molar-refractivity contribution < 1.29 is 0 Å². The van der Waals surface area contributed by atoms with E-state index in [0.717, 1.165) is 34.2 Å². The summed E-state index contributed by atoms with van der Waals surface area (Å²) in [6.07, 6.45) is 18.1. The molecule has 3 nitrogen and oxygen atoms in total. The molecule has 2 rings (SSSR count). The average Bonchev–Trinajstić information content (AvgIpc) is 2.65. The smallest absolute Gasteiger partial charge is 0.0347 e. The minimum absolute atomic E-state index is 0.415. The van der Waals surface area contributed by atoms with Gasteiger partial charge < -0.3 is 4.90 Å². The summed E-state index contributed by atoms with van der Waals surface area (Å²) in [5.74, 6) is 0. The molecule has 0 saturated carbocycles. The van der Waals surface area contributed by atoms with Gasteiger partial charge in [-0.25, -0.2) is 0 Å². The summed E-state index contributed by atoms with van der Waals surface area (Å²) in [5, 5.41) is 0. The summed E-state index contributed by atoms with van der Waals surface area (Å²) in [5.41, 5.74) is 5.40. The van der Waals surface area contributed by atoms with E-state index in [0.29, 0.717) is 6.04 Å². The highest BCUT2D eigenvalue weighted by molar-refractivity contribution is 5.77. The summed E-state index contributed by atoms with van der Waals surface area (Å²) in [6.45, 7) is 11.9. The van der Waals surface area contributed by atoms with Gasteiger partial charge in [-0.3, -0.25) is 9.97 Å². The molecule has 0 aromatic carbocycles. The van der Waals surface area contributed by atoms with Gasteiger partial charge in [0.25, 0.3) is 0 Å². The quantitative estimate of drug-likeness (QED) is 0.480. The second-order valence-electron chi connectivity index (χ2n) is 6.48. The van der Waals surface area contributed by atoms with Gasteiger partial charge in [-0.2, -0.15) is 0 Å². The minimum Gasteiger partial charge on any atom is -0.377 e. The molecular weight excluding hydrogens is 318 g/mol. The molecule has 0 aliphatic heterocycles. The SMILES string of the molecule is C=C/C=C\C(=C/N(C)C(C)C)c1cncc(-c2cncc(CC=C)c2)c1. The van der Waals surface area contributed by atoms with Crippen LogP contribution < -0.4 is 0 Å². The molecule has 0 spiro atoms. The summed E-state index contributed by atoms with van der Waals surface area (Å²) < 4.78 is 0. The van der Waals surface area contributed by atoms with Gasteiger partial charge in [0.15, 0.2) is 0 Å². The van der Waals surface area contributed by atoms with Crippen LogP contribution in [0.25, 0.3) is 16.7 Å². The Hall–Kier alpha value is -2.94. The highest BCUT2D eigenvalue weighted by Crippen LogP contribution is 2.24. The maximum Gasteiger partial charge on any atom is 0.0347 e. The molecular formula is C23H27N3. The summed E-state index contributed by atoms with van der Waals surface area (Å²) in [4.78, 5) is 11.0. The maximum absolute atomic E-state index is 4.45. The minimum atomic E-state index is 0.415. The third kappa shape index (κ3) is 5.28. The zero-order valence-electron chi connectivity index (χ0n) is 15.9. The Morgan fingerprint density at radius 1 is 1.08 bits per heavy atom. The molecule has 26 heavy (non-hydrogen) atoms. The Morgan fingerprint density at radius 2 is 1.77 bits per heavy atom. The molecule has 0 saturated heterocycles. The third-order valence-electron chi connectivity index (χ3n) is 4.15. The van der Waals surface area contributed by atoms with E-state index in [2.05, 4.69) is 73.3 Å². The van der Waals surface area contributed by atoms with Crippen molar-refractivity contribution in [3.05, 3.63) is 91.7 Å². The van der Waals surface area contributed by atoms with E-state index in [1.165, 1.54) is 0 Å². The predicted octanol–water partition coefficient (Wildman–Crippen LogP) is 5.30. The lowest BCUT2D eigenvalue weighted by Crippen LogP contribution is -2.20. The van der Waals surface area contributed by atoms with Crippen LogP contribution in [-0.2, 0) is 6.42 Å². The Balaban J connectivity index is 2.44. The molecule has 2 aromatic rings. The highest BCUT2D eigenvalue weighted by Gasteiger charge is 2.06. The van der Waals surface area contributed by atoms with Gasteiger partial charge in [-0.05, 0) is 43.5 Å². The van der Waals surface area contributed by atoms with Crippen molar-refractivity contribution in [3.63, 3.8) is 0 Å². The molecule has 0 unspecified atom stereocenters. The summed E-state index contributed by atoms with van der Waals surface area (Å²) in [7, 11) is 2.08. The van der Waals surface area contributed by atoms with Crippen molar-refractivity contribution in [1.29, 1.82) is 0 Å². The maximum atomic E-state index is 4.45. The first-order valence-corrected chi connectivity index (χ1v) is 8.78. The Kier molecular flexibility index (Phi) is 7.10. The van der Waals surface area contributed by atoms with Crippen LogP contribution in [0.2, 0.25) is 0 Å². The molecule has 0 fully saturated rings. The Morgan fingerprint density at radius 3 is 2.42 bits per heavy atom. The number of pyridine rings is 2. The third-order valence-corrected chi connectivity index (χ3v) is 4.15. The van der Waals surface area contributed by atoms with E-state index in [4.69, 9.17) is 0 Å². The van der Waals surface area contributed by atoms with Crippen LogP contribution in [0.4, 0.5) is 0 Å². The van der Waals surface area contributed by atoms with Crippen LogP contribution in [0.1, 0.15) is 25.0 Å². The van der Waals surface area contributed by atoms with Gasteiger partial charge >= 0.3 is 0 Å². The first-order valence-electron chi connectivity index (χ1n) is 8.78. The topological polar surface area (TPSA) is 29.0 Å². The average molecular weight is 345 g/mol. The second kappa shape index (κ2) is 9.52. The van der Waals surface area contributed by atoms with Gasteiger partial charge in [0, 0.05) is 60.8 Å². The van der Waals surface area contributed by atoms with Crippen molar-refractivity contribution in [3.8, 4) is 11.1 Å². The number of allylic oxidation sites excluding steroid dienone is 5. The van der Waals surface area contributed by atoms with Gasteiger partial charge in [-0.15, -0.1) is 6.58 Å². The van der Waals surface area contributed by atoms with Crippen molar-refractivity contribution >= 4 is 5.57 Å². The molecule has 0 bridgehead atoms. The number of aromatic nitrogens is 2. The van der Waals surface area contributed by atoms with Crippen LogP contribution in [0.3, 0.4) is 0 Å². The van der Waals surface area contributed by atoms with Crippen LogP contribution in [0, 0.1) is 0 Å². The highest BCUT2D eigenvalue weighted by atomic mass is 15.1. The van der Waals surface area contributed by atoms with E-state index in [1.54, 1.807) is 6.08 Å². The van der Waals surface area contributed by atoms with Crippen LogP contribution >= 0.6 is 0 Å². The zero-order valence-corrected chi connectivity index (χ0v) is 15.9. The van der Waals surface area contributed by atoms with Crippen LogP contribution in [0.5, 0.6) is 0 Å². The first kappa shape index (κ1) is 19.4. The molecule has 0 aliphatic rings. The normalized spacial score (nSPS) is 11.8. The number of hydrogen-bond donors (Lipinski definition) is 0. The molecule has 2 heterocycles. The first-order chi connectivity index (χ1) is 12.5. The van der Waals surface area contributed by atoms with Crippen molar-refractivity contribution in [2.45, 2.75) is 26.3 Å². The summed E-state index contributed by atoms with van der Waals surface area (Å²) >= 11 is 0. The number of rotatable bonds is 8. The molecule has 0 N–H and O–H groups in total. The van der Waals surface area contributed by atoms with Crippen molar-refractivity contribution in [1.82, 2.24) is 14.9 Å². The van der Waals surface area contributed by atoms with Crippen molar-refractivity contribution in [2.75, 3.05) is 7.05 Å². The van der Waals surface area contributed by atoms with E-state index in [-0.39, 0.29) is 0 Å². The largest absolute Gasteiger partial charge is 0.377 e. The Labute approximate surface area is 157 Å². The molecule has 0 atom stereocenters. The second-order valence-corrected chi connectivity index (χ2v) is 6.48.